The molecule has 0 aliphatic rings. The van der Waals surface area contributed by atoms with Crippen LogP contribution in [0.15, 0.2) is 22.7 Å². The summed E-state index contributed by atoms with van der Waals surface area (Å²) in [6.45, 7) is 7.89. The van der Waals surface area contributed by atoms with Crippen molar-refractivity contribution in [3.05, 3.63) is 33.8 Å². The third-order valence-corrected chi connectivity index (χ3v) is 3.33. The van der Waals surface area contributed by atoms with Crippen LogP contribution in [0.2, 0.25) is 0 Å². The summed E-state index contributed by atoms with van der Waals surface area (Å²) in [4.78, 5) is 0. The van der Waals surface area contributed by atoms with E-state index in [-0.39, 0.29) is 0 Å². The van der Waals surface area contributed by atoms with E-state index in [1.165, 1.54) is 5.56 Å². The summed E-state index contributed by atoms with van der Waals surface area (Å²) in [7, 11) is 0. The van der Waals surface area contributed by atoms with Crippen LogP contribution in [0.3, 0.4) is 0 Å². The summed E-state index contributed by atoms with van der Waals surface area (Å²) in [6, 6.07) is 5.98. The van der Waals surface area contributed by atoms with Gasteiger partial charge in [-0.15, -0.1) is 0 Å². The van der Waals surface area contributed by atoms with Gasteiger partial charge in [0, 0.05) is 11.0 Å². The molecule has 0 saturated heterocycles. The highest BCUT2D eigenvalue weighted by Gasteiger charge is 2.08. The summed E-state index contributed by atoms with van der Waals surface area (Å²) >= 11 is 3.47. The number of benzene rings is 1. The number of rotatable bonds is 5. The van der Waals surface area contributed by atoms with Crippen LogP contribution in [-0.4, -0.2) is 18.2 Å². The van der Waals surface area contributed by atoms with Gasteiger partial charge in [0.15, 0.2) is 0 Å². The minimum absolute atomic E-state index is 0.435. The smallest absolute Gasteiger partial charge is 0.0914 e. The second kappa shape index (κ2) is 6.38. The summed E-state index contributed by atoms with van der Waals surface area (Å²) < 4.78 is 1.05. The van der Waals surface area contributed by atoms with Gasteiger partial charge in [-0.2, -0.15) is 0 Å². The standard InChI is InChI=1S/C13H20BrNO/c1-9(2)7-15-8-13(16)11-5-4-10(3)12(14)6-11/h4-6,9,13,15-16H,7-8H2,1-3H3. The lowest BCUT2D eigenvalue weighted by Gasteiger charge is -2.14. The van der Waals surface area contributed by atoms with E-state index in [0.717, 1.165) is 16.6 Å². The zero-order valence-corrected chi connectivity index (χ0v) is 11.7. The molecule has 16 heavy (non-hydrogen) atoms. The van der Waals surface area contributed by atoms with E-state index in [1.807, 2.05) is 25.1 Å². The minimum Gasteiger partial charge on any atom is -0.387 e. The molecule has 90 valence electrons. The van der Waals surface area contributed by atoms with Crippen LogP contribution in [0.1, 0.15) is 31.1 Å². The lowest BCUT2D eigenvalue weighted by Crippen LogP contribution is -2.25. The molecule has 0 bridgehead atoms. The number of nitrogens with one attached hydrogen (secondary N) is 1. The van der Waals surface area contributed by atoms with E-state index in [4.69, 9.17) is 0 Å². The lowest BCUT2D eigenvalue weighted by molar-refractivity contribution is 0.173. The van der Waals surface area contributed by atoms with Crippen molar-refractivity contribution in [2.75, 3.05) is 13.1 Å². The van der Waals surface area contributed by atoms with Gasteiger partial charge in [-0.25, -0.2) is 0 Å². The molecular weight excluding hydrogens is 266 g/mol. The Hall–Kier alpha value is -0.380. The summed E-state index contributed by atoms with van der Waals surface area (Å²) in [5, 5.41) is 13.2. The van der Waals surface area contributed by atoms with Gasteiger partial charge in [0.2, 0.25) is 0 Å². The van der Waals surface area contributed by atoms with Gasteiger partial charge in [-0.05, 0) is 36.6 Å². The number of aryl methyl sites for hydroxylation is 1. The predicted octanol–water partition coefficient (Wildman–Crippen LogP) is 3.04. The fourth-order valence-electron chi connectivity index (χ4n) is 1.44. The summed E-state index contributed by atoms with van der Waals surface area (Å²) in [5.74, 6) is 0.608. The van der Waals surface area contributed by atoms with Crippen molar-refractivity contribution in [3.63, 3.8) is 0 Å². The van der Waals surface area contributed by atoms with Gasteiger partial charge >= 0.3 is 0 Å². The molecule has 0 radical (unpaired) electrons. The molecule has 0 heterocycles. The quantitative estimate of drug-likeness (QED) is 0.872. The molecule has 0 aliphatic heterocycles. The molecule has 0 fully saturated rings. The Balaban J connectivity index is 2.52. The van der Waals surface area contributed by atoms with Gasteiger partial charge < -0.3 is 10.4 Å². The third-order valence-electron chi connectivity index (χ3n) is 2.47. The maximum absolute atomic E-state index is 9.97. The van der Waals surface area contributed by atoms with Gasteiger partial charge in [-0.1, -0.05) is 41.9 Å². The Morgan fingerprint density at radius 2 is 2.00 bits per heavy atom. The SMILES string of the molecule is Cc1ccc(C(O)CNCC(C)C)cc1Br. The van der Waals surface area contributed by atoms with E-state index in [9.17, 15) is 5.11 Å². The number of aliphatic hydroxyl groups excluding tert-OH is 1. The first-order valence-electron chi connectivity index (χ1n) is 5.65. The monoisotopic (exact) mass is 285 g/mol. The molecule has 0 amide bonds. The third kappa shape index (κ3) is 4.24. The molecule has 2 N–H and O–H groups in total. The van der Waals surface area contributed by atoms with Crippen molar-refractivity contribution >= 4 is 15.9 Å². The second-order valence-electron chi connectivity index (χ2n) is 4.58. The highest BCUT2D eigenvalue weighted by atomic mass is 79.9. The molecule has 0 spiro atoms. The average molecular weight is 286 g/mol. The van der Waals surface area contributed by atoms with Gasteiger partial charge in [0.1, 0.15) is 0 Å². The minimum atomic E-state index is -0.435. The summed E-state index contributed by atoms with van der Waals surface area (Å²) in [6.07, 6.45) is -0.435. The first-order chi connectivity index (χ1) is 7.50. The number of halogens is 1. The highest BCUT2D eigenvalue weighted by Crippen LogP contribution is 2.21. The van der Waals surface area contributed by atoms with E-state index in [2.05, 4.69) is 35.1 Å². The number of hydrogen-bond donors (Lipinski definition) is 2. The Morgan fingerprint density at radius 1 is 1.31 bits per heavy atom. The first kappa shape index (κ1) is 13.7. The Kier molecular flexibility index (Phi) is 5.46. The Bertz CT molecular complexity index is 339. The van der Waals surface area contributed by atoms with Crippen LogP contribution in [0.5, 0.6) is 0 Å². The van der Waals surface area contributed by atoms with E-state index >= 15 is 0 Å². The predicted molar refractivity (Wildman–Crippen MR) is 71.5 cm³/mol. The average Bonchev–Trinajstić information content (AvgIpc) is 2.21. The van der Waals surface area contributed by atoms with Crippen molar-refractivity contribution in [2.45, 2.75) is 26.9 Å². The van der Waals surface area contributed by atoms with Gasteiger partial charge in [0.25, 0.3) is 0 Å². The molecule has 3 heteroatoms. The van der Waals surface area contributed by atoms with Crippen LogP contribution in [-0.2, 0) is 0 Å². The Labute approximate surface area is 106 Å². The lowest BCUT2D eigenvalue weighted by atomic mass is 10.1. The van der Waals surface area contributed by atoms with Gasteiger partial charge in [-0.3, -0.25) is 0 Å². The molecule has 1 rings (SSSR count). The fraction of sp³-hybridized carbons (Fsp3) is 0.538. The molecular formula is C13H20BrNO. The van der Waals surface area contributed by atoms with Crippen molar-refractivity contribution in [2.24, 2.45) is 5.92 Å². The zero-order valence-electron chi connectivity index (χ0n) is 10.1. The molecule has 1 atom stereocenters. The van der Waals surface area contributed by atoms with Crippen molar-refractivity contribution in [1.82, 2.24) is 5.32 Å². The van der Waals surface area contributed by atoms with Crippen LogP contribution in [0.25, 0.3) is 0 Å². The van der Waals surface area contributed by atoms with E-state index in [0.29, 0.717) is 12.5 Å². The Morgan fingerprint density at radius 3 is 2.56 bits per heavy atom. The zero-order chi connectivity index (χ0) is 12.1. The first-order valence-corrected chi connectivity index (χ1v) is 6.45. The summed E-state index contributed by atoms with van der Waals surface area (Å²) in [5.41, 5.74) is 2.14. The molecule has 1 aromatic rings. The highest BCUT2D eigenvalue weighted by molar-refractivity contribution is 9.10. The van der Waals surface area contributed by atoms with E-state index in [1.54, 1.807) is 0 Å². The normalized spacial score (nSPS) is 13.1. The van der Waals surface area contributed by atoms with Crippen molar-refractivity contribution in [1.29, 1.82) is 0 Å². The molecule has 2 nitrogen and oxygen atoms in total. The van der Waals surface area contributed by atoms with Crippen LogP contribution >= 0.6 is 15.9 Å². The second-order valence-corrected chi connectivity index (χ2v) is 5.43. The fourth-order valence-corrected chi connectivity index (χ4v) is 1.84. The molecule has 0 aromatic heterocycles. The van der Waals surface area contributed by atoms with Crippen LogP contribution in [0.4, 0.5) is 0 Å². The van der Waals surface area contributed by atoms with Gasteiger partial charge in [0.05, 0.1) is 6.10 Å². The van der Waals surface area contributed by atoms with Crippen LogP contribution < -0.4 is 5.32 Å². The molecule has 1 unspecified atom stereocenters. The maximum atomic E-state index is 9.97. The molecule has 0 aliphatic carbocycles. The number of hydrogen-bond acceptors (Lipinski definition) is 2. The van der Waals surface area contributed by atoms with Crippen molar-refractivity contribution in [3.8, 4) is 0 Å². The number of aliphatic hydroxyl groups is 1. The molecule has 1 aromatic carbocycles. The van der Waals surface area contributed by atoms with E-state index < -0.39 is 6.10 Å². The molecule has 0 saturated carbocycles. The van der Waals surface area contributed by atoms with Crippen molar-refractivity contribution < 1.29 is 5.11 Å². The topological polar surface area (TPSA) is 32.3 Å². The maximum Gasteiger partial charge on any atom is 0.0914 e. The largest absolute Gasteiger partial charge is 0.387 e. The van der Waals surface area contributed by atoms with Crippen LogP contribution in [0, 0.1) is 12.8 Å².